The number of carbonyl (C=O) groups excluding carboxylic acids is 1. The normalized spacial score (nSPS) is 12.5. The van der Waals surface area contributed by atoms with Crippen LogP contribution in [0.5, 0.6) is 0 Å². The molecule has 3 heteroatoms. The molecule has 13 heavy (non-hydrogen) atoms. The third kappa shape index (κ3) is 6.58. The number of methoxy groups -OCH3 is 1. The average molecular weight is 187 g/mol. The van der Waals surface area contributed by atoms with E-state index in [0.717, 1.165) is 13.1 Å². The van der Waals surface area contributed by atoms with E-state index in [1.54, 1.807) is 0 Å². The Bertz CT molecular complexity index is 137. The summed E-state index contributed by atoms with van der Waals surface area (Å²) < 4.78 is 4.61. The number of unbranched alkanes of at least 4 members (excludes halogenated alkanes) is 2. The second kappa shape index (κ2) is 8.05. The third-order valence-corrected chi connectivity index (χ3v) is 2.01. The number of ether oxygens (including phenoxy) is 1. The van der Waals surface area contributed by atoms with Crippen molar-refractivity contribution in [1.82, 2.24) is 5.32 Å². The number of rotatable bonds is 7. The summed E-state index contributed by atoms with van der Waals surface area (Å²) in [5.41, 5.74) is 0. The van der Waals surface area contributed by atoms with Crippen molar-refractivity contribution >= 4 is 5.97 Å². The molecule has 0 bridgehead atoms. The highest BCUT2D eigenvalue weighted by atomic mass is 16.5. The minimum absolute atomic E-state index is 0.0355. The Kier molecular flexibility index (Phi) is 7.69. The van der Waals surface area contributed by atoms with Crippen LogP contribution in [0.3, 0.4) is 0 Å². The van der Waals surface area contributed by atoms with Gasteiger partial charge in [0.15, 0.2) is 0 Å². The van der Waals surface area contributed by atoms with E-state index in [0.29, 0.717) is 0 Å². The summed E-state index contributed by atoms with van der Waals surface area (Å²) in [7, 11) is 1.43. The molecule has 0 fully saturated rings. The minimum Gasteiger partial charge on any atom is -0.469 e. The maximum absolute atomic E-state index is 11.0. The van der Waals surface area contributed by atoms with Crippen LogP contribution < -0.4 is 5.32 Å². The van der Waals surface area contributed by atoms with E-state index >= 15 is 0 Å². The summed E-state index contributed by atoms with van der Waals surface area (Å²) >= 11 is 0. The van der Waals surface area contributed by atoms with Gasteiger partial charge >= 0.3 is 5.97 Å². The molecule has 0 aliphatic rings. The Morgan fingerprint density at radius 2 is 2.15 bits per heavy atom. The number of carbonyl (C=O) groups is 1. The second-order valence-corrected chi connectivity index (χ2v) is 3.34. The number of hydrogen-bond donors (Lipinski definition) is 1. The van der Waals surface area contributed by atoms with Gasteiger partial charge in [0.2, 0.25) is 0 Å². The molecule has 1 atom stereocenters. The molecule has 0 spiro atoms. The van der Waals surface area contributed by atoms with Gasteiger partial charge in [0.1, 0.15) is 0 Å². The smallest absolute Gasteiger partial charge is 0.309 e. The van der Waals surface area contributed by atoms with E-state index in [1.165, 1.54) is 26.4 Å². The average Bonchev–Trinajstić information content (AvgIpc) is 2.16. The zero-order valence-corrected chi connectivity index (χ0v) is 8.93. The molecule has 3 nitrogen and oxygen atoms in total. The van der Waals surface area contributed by atoms with Gasteiger partial charge in [0, 0.05) is 6.54 Å². The molecule has 0 heterocycles. The minimum atomic E-state index is -0.136. The van der Waals surface area contributed by atoms with Crippen LogP contribution in [0.4, 0.5) is 0 Å². The quantitative estimate of drug-likeness (QED) is 0.485. The lowest BCUT2D eigenvalue weighted by Gasteiger charge is -2.09. The van der Waals surface area contributed by atoms with Gasteiger partial charge in [-0.05, 0) is 13.0 Å². The maximum Gasteiger partial charge on any atom is 0.309 e. The number of esters is 1. The fourth-order valence-corrected chi connectivity index (χ4v) is 1.10. The van der Waals surface area contributed by atoms with Gasteiger partial charge in [-0.25, -0.2) is 0 Å². The Labute approximate surface area is 80.8 Å². The molecule has 78 valence electrons. The van der Waals surface area contributed by atoms with E-state index in [9.17, 15) is 4.79 Å². The first-order chi connectivity index (χ1) is 6.22. The molecule has 0 saturated heterocycles. The van der Waals surface area contributed by atoms with Crippen molar-refractivity contribution < 1.29 is 9.53 Å². The fourth-order valence-electron chi connectivity index (χ4n) is 1.10. The van der Waals surface area contributed by atoms with Crippen LogP contribution in [0.1, 0.15) is 33.1 Å². The second-order valence-electron chi connectivity index (χ2n) is 3.34. The Morgan fingerprint density at radius 3 is 2.69 bits per heavy atom. The highest BCUT2D eigenvalue weighted by Gasteiger charge is 2.11. The largest absolute Gasteiger partial charge is 0.469 e. The molecule has 0 rings (SSSR count). The molecular weight excluding hydrogens is 166 g/mol. The Balaban J connectivity index is 3.26. The van der Waals surface area contributed by atoms with E-state index in [-0.39, 0.29) is 11.9 Å². The topological polar surface area (TPSA) is 38.3 Å². The van der Waals surface area contributed by atoms with Crippen LogP contribution in [0.25, 0.3) is 0 Å². The molecule has 0 amide bonds. The van der Waals surface area contributed by atoms with Gasteiger partial charge < -0.3 is 10.1 Å². The highest BCUT2D eigenvalue weighted by molar-refractivity contribution is 5.71. The summed E-state index contributed by atoms with van der Waals surface area (Å²) in [6.07, 6.45) is 3.66. The van der Waals surface area contributed by atoms with Crippen LogP contribution in [0.2, 0.25) is 0 Å². The third-order valence-electron chi connectivity index (χ3n) is 2.01. The first kappa shape index (κ1) is 12.4. The van der Waals surface area contributed by atoms with Gasteiger partial charge in [-0.1, -0.05) is 26.7 Å². The molecule has 0 aromatic rings. The maximum atomic E-state index is 11.0. The van der Waals surface area contributed by atoms with Gasteiger partial charge in [0.25, 0.3) is 0 Å². The van der Waals surface area contributed by atoms with E-state index in [4.69, 9.17) is 0 Å². The van der Waals surface area contributed by atoms with Crippen molar-refractivity contribution in [1.29, 1.82) is 0 Å². The number of nitrogens with one attached hydrogen (secondary N) is 1. The SMILES string of the molecule is CCCCCNC[C@@H](C)C(=O)OC. The molecule has 0 saturated carbocycles. The van der Waals surface area contributed by atoms with Gasteiger partial charge in [-0.15, -0.1) is 0 Å². The van der Waals surface area contributed by atoms with Crippen molar-refractivity contribution in [3.05, 3.63) is 0 Å². The van der Waals surface area contributed by atoms with Crippen LogP contribution in [0.15, 0.2) is 0 Å². The van der Waals surface area contributed by atoms with Gasteiger partial charge in [-0.3, -0.25) is 4.79 Å². The Morgan fingerprint density at radius 1 is 1.46 bits per heavy atom. The highest BCUT2D eigenvalue weighted by Crippen LogP contribution is 1.96. The summed E-state index contributed by atoms with van der Waals surface area (Å²) in [6, 6.07) is 0. The standard InChI is InChI=1S/C10H21NO2/c1-4-5-6-7-11-8-9(2)10(12)13-3/h9,11H,4-8H2,1-3H3/t9-/m1/s1. The molecule has 0 radical (unpaired) electrons. The molecule has 0 aromatic heterocycles. The van der Waals surface area contributed by atoms with E-state index in [1.807, 2.05) is 6.92 Å². The van der Waals surface area contributed by atoms with E-state index in [2.05, 4.69) is 17.0 Å². The monoisotopic (exact) mass is 187 g/mol. The van der Waals surface area contributed by atoms with Crippen molar-refractivity contribution in [3.63, 3.8) is 0 Å². The summed E-state index contributed by atoms with van der Waals surface area (Å²) in [4.78, 5) is 11.0. The molecule has 0 unspecified atom stereocenters. The van der Waals surface area contributed by atoms with Crippen molar-refractivity contribution in [2.24, 2.45) is 5.92 Å². The first-order valence-electron chi connectivity index (χ1n) is 5.00. The van der Waals surface area contributed by atoms with E-state index < -0.39 is 0 Å². The van der Waals surface area contributed by atoms with Crippen molar-refractivity contribution in [2.45, 2.75) is 33.1 Å². The zero-order valence-electron chi connectivity index (χ0n) is 8.93. The first-order valence-corrected chi connectivity index (χ1v) is 5.00. The van der Waals surface area contributed by atoms with Crippen LogP contribution in [-0.2, 0) is 9.53 Å². The molecule has 0 aliphatic carbocycles. The fraction of sp³-hybridized carbons (Fsp3) is 0.900. The molecule has 0 aliphatic heterocycles. The lowest BCUT2D eigenvalue weighted by Crippen LogP contribution is -2.27. The van der Waals surface area contributed by atoms with Crippen LogP contribution in [0, 0.1) is 5.92 Å². The summed E-state index contributed by atoms with van der Waals surface area (Å²) in [5, 5.41) is 3.23. The van der Waals surface area contributed by atoms with Gasteiger partial charge in [0.05, 0.1) is 13.0 Å². The van der Waals surface area contributed by atoms with Crippen molar-refractivity contribution in [3.8, 4) is 0 Å². The number of hydrogen-bond acceptors (Lipinski definition) is 3. The Hall–Kier alpha value is -0.570. The molecule has 0 aromatic carbocycles. The predicted octanol–water partition coefficient (Wildman–Crippen LogP) is 1.58. The molecular formula is C10H21NO2. The lowest BCUT2D eigenvalue weighted by molar-refractivity contribution is -0.144. The van der Waals surface area contributed by atoms with Crippen molar-refractivity contribution in [2.75, 3.05) is 20.2 Å². The summed E-state index contributed by atoms with van der Waals surface area (Å²) in [6.45, 7) is 5.77. The zero-order chi connectivity index (χ0) is 10.1. The van der Waals surface area contributed by atoms with Crippen LogP contribution >= 0.6 is 0 Å². The van der Waals surface area contributed by atoms with Gasteiger partial charge in [-0.2, -0.15) is 0 Å². The van der Waals surface area contributed by atoms with Crippen LogP contribution in [-0.4, -0.2) is 26.2 Å². The molecule has 1 N–H and O–H groups in total. The summed E-state index contributed by atoms with van der Waals surface area (Å²) in [5.74, 6) is -0.172. The predicted molar refractivity (Wildman–Crippen MR) is 53.6 cm³/mol. The lowest BCUT2D eigenvalue weighted by atomic mass is 10.2.